The monoisotopic (exact) mass is 1060 g/mol. The summed E-state index contributed by atoms with van der Waals surface area (Å²) in [5.74, 6) is -1.57. The first-order chi connectivity index (χ1) is 36.5. The number of rotatable bonds is 21. The molecule has 2 aromatic carbocycles. The van der Waals surface area contributed by atoms with Crippen molar-refractivity contribution in [3.8, 4) is 0 Å². The van der Waals surface area contributed by atoms with Gasteiger partial charge < -0.3 is 61.6 Å². The second-order valence-electron chi connectivity index (χ2n) is 21.7. The first-order valence-corrected chi connectivity index (χ1v) is 27.5. The lowest BCUT2D eigenvalue weighted by molar-refractivity contribution is -0.368. The van der Waals surface area contributed by atoms with Crippen LogP contribution in [0, 0.1) is 41.4 Å². The molecule has 0 spiro atoms. The van der Waals surface area contributed by atoms with Gasteiger partial charge in [-0.1, -0.05) is 133 Å². The molecule has 0 saturated carbocycles. The van der Waals surface area contributed by atoms with Crippen LogP contribution in [0.5, 0.6) is 0 Å². The number of benzene rings is 2. The van der Waals surface area contributed by atoms with Crippen molar-refractivity contribution in [1.29, 1.82) is 0 Å². The van der Waals surface area contributed by atoms with E-state index in [0.717, 1.165) is 17.5 Å². The van der Waals surface area contributed by atoms with Crippen molar-refractivity contribution in [2.45, 2.75) is 220 Å². The summed E-state index contributed by atoms with van der Waals surface area (Å²) in [6, 6.07) is 18.3. The fourth-order valence-electron chi connectivity index (χ4n) is 11.8. The highest BCUT2D eigenvalue weighted by Gasteiger charge is 2.55. The summed E-state index contributed by atoms with van der Waals surface area (Å²) in [5, 5.41) is 8.51. The van der Waals surface area contributed by atoms with E-state index in [1.54, 1.807) is 7.11 Å². The molecule has 0 aromatic heterocycles. The Labute approximate surface area is 448 Å². The summed E-state index contributed by atoms with van der Waals surface area (Å²) in [6.07, 6.45) is -8.83. The number of ether oxygens (including phenoxy) is 13. The maximum absolute atomic E-state index is 12.0. The number of methoxy groups -OCH3 is 1. The molecule has 25 atom stereocenters. The number of hydrogen-bond donors (Lipinski definition) is 0. The highest BCUT2D eigenvalue weighted by Crippen LogP contribution is 2.43. The van der Waals surface area contributed by atoms with Crippen LogP contribution < -0.4 is 0 Å². The lowest BCUT2D eigenvalue weighted by atomic mass is 9.81. The third-order valence-corrected chi connectivity index (χ3v) is 16.8. The molecule has 20 heteroatoms. The Morgan fingerprint density at radius 3 is 1.55 bits per heavy atom. The van der Waals surface area contributed by atoms with E-state index in [9.17, 15) is 15.9 Å². The highest BCUT2D eigenvalue weighted by atomic mass is 16.8. The summed E-state index contributed by atoms with van der Waals surface area (Å²) in [4.78, 5) is 18.5. The second kappa shape index (κ2) is 27.8. The third kappa shape index (κ3) is 13.9. The van der Waals surface area contributed by atoms with Gasteiger partial charge in [-0.2, -0.15) is 0 Å². The van der Waals surface area contributed by atoms with Crippen LogP contribution >= 0.6 is 0 Å². The zero-order valence-electron chi connectivity index (χ0n) is 46.6. The van der Waals surface area contributed by atoms with Gasteiger partial charge in [-0.3, -0.25) is 4.79 Å². The number of nitrogens with zero attached hydrogens (tertiary/aromatic N) is 6. The number of carbonyl (C=O) groups excluding carboxylic acids is 1. The van der Waals surface area contributed by atoms with Crippen LogP contribution in [0.15, 0.2) is 70.9 Å². The zero-order valence-corrected chi connectivity index (χ0v) is 46.6. The maximum atomic E-state index is 12.0. The van der Waals surface area contributed by atoms with Gasteiger partial charge in [-0.25, -0.2) is 0 Å². The highest BCUT2D eigenvalue weighted by molar-refractivity contribution is 5.65. The van der Waals surface area contributed by atoms with Crippen molar-refractivity contribution in [2.24, 2.45) is 51.7 Å². The molecule has 2 aromatic rings. The molecule has 5 aliphatic heterocycles. The largest absolute Gasteiger partial charge is 0.463 e. The fourth-order valence-corrected chi connectivity index (χ4v) is 11.8. The second-order valence-corrected chi connectivity index (χ2v) is 21.7. The standard InChI is InChI=1S/C56H84N6O14/c1-14-41-29(3)30(4)44(59-61-57)54(70-41)73-46-34(8)50(67-27-40-24-20-17-21-25-40)56(69-36(46)10)75-48-33(7)45(60-62-58)55(71-42(48)15-2)76-51-37(11)68-53(35(9)49(51)66-26-39-22-18-16-19-23-39)74-47-31(5)32(6)52(64-13)72-43(47)28-65-38(12)63/h16-25,29-37,41-56H,14-15,26-28H2,1-13H3/t29-,30-,31+,32?,33+,34-,35?,36?,37?,41?,42?,43?,44?,45?,46-,47-,48-,49-,50?,51+,52-,53-,54+,55-,56-/m0/s1. The molecule has 0 amide bonds. The van der Waals surface area contributed by atoms with E-state index in [1.165, 1.54) is 6.92 Å². The quantitative estimate of drug-likeness (QED) is 0.0490. The average Bonchev–Trinajstić information content (AvgIpc) is 3.42. The molecular weight excluding hydrogens is 981 g/mol. The number of carbonyl (C=O) groups is 1. The molecule has 5 saturated heterocycles. The summed E-state index contributed by atoms with van der Waals surface area (Å²) in [6.45, 7) is 24.1. The van der Waals surface area contributed by atoms with E-state index in [4.69, 9.17) is 61.6 Å². The summed E-state index contributed by atoms with van der Waals surface area (Å²) < 4.78 is 85.9. The van der Waals surface area contributed by atoms with Gasteiger partial charge in [-0.15, -0.1) is 0 Å². The molecular formula is C56H84N6O14. The van der Waals surface area contributed by atoms with E-state index in [2.05, 4.69) is 54.7 Å². The van der Waals surface area contributed by atoms with Gasteiger partial charge in [0, 0.05) is 41.6 Å². The van der Waals surface area contributed by atoms with Crippen LogP contribution in [0.1, 0.15) is 107 Å². The predicted octanol–water partition coefficient (Wildman–Crippen LogP) is 10.2. The Bertz CT molecular complexity index is 2210. The molecule has 0 N–H and O–H groups in total. The van der Waals surface area contributed by atoms with Crippen LogP contribution in [0.3, 0.4) is 0 Å². The van der Waals surface area contributed by atoms with E-state index in [-0.39, 0.29) is 55.5 Å². The van der Waals surface area contributed by atoms with Crippen LogP contribution in [0.25, 0.3) is 20.9 Å². The van der Waals surface area contributed by atoms with Crippen LogP contribution in [-0.2, 0) is 79.6 Å². The van der Waals surface area contributed by atoms with Crippen molar-refractivity contribution < 1.29 is 66.4 Å². The molecule has 422 valence electrons. The van der Waals surface area contributed by atoms with Crippen LogP contribution in [0.2, 0.25) is 0 Å². The number of esters is 1. The molecule has 20 nitrogen and oxygen atoms in total. The normalized spacial score (nSPS) is 41.8. The SMILES string of the molecule is CCC1O[C@H](O[C@@H]2C(C)O[C@@H](O[C@@H]3C(CC)O[C@@H](O[C@@H]4C(C)O[C@@H](O[C@@H]5C(COC(C)=O)O[C@H](OC)C(C)[C@H]5C)C(C)[C@@H]4OCc4ccccc4)C(N=[N+]=[N-])[C@H]3C)C(OCc3ccccc3)[C@H]2C)C(N=[N+]=[N-])[C@@H](C)[C@@H]1C. The van der Waals surface area contributed by atoms with Crippen molar-refractivity contribution >= 4 is 5.97 Å². The molecule has 5 aliphatic rings. The van der Waals surface area contributed by atoms with Gasteiger partial charge in [-0.05, 0) is 72.5 Å². The van der Waals surface area contributed by atoms with Gasteiger partial charge in [0.2, 0.25) is 0 Å². The summed E-state index contributed by atoms with van der Waals surface area (Å²) in [7, 11) is 1.59. The van der Waals surface area contributed by atoms with Crippen LogP contribution in [-0.4, -0.2) is 130 Å². The van der Waals surface area contributed by atoms with E-state index >= 15 is 0 Å². The van der Waals surface area contributed by atoms with E-state index < -0.39 is 122 Å². The number of hydrogen-bond acceptors (Lipinski definition) is 16. The van der Waals surface area contributed by atoms with Gasteiger partial charge in [0.05, 0.1) is 74.1 Å². The van der Waals surface area contributed by atoms with Gasteiger partial charge in [0.15, 0.2) is 31.5 Å². The Balaban J connectivity index is 1.12. The van der Waals surface area contributed by atoms with E-state index in [1.807, 2.05) is 102 Å². The molecule has 76 heavy (non-hydrogen) atoms. The molecule has 5 heterocycles. The minimum atomic E-state index is -1.03. The van der Waals surface area contributed by atoms with E-state index in [0.29, 0.717) is 6.42 Å². The van der Waals surface area contributed by atoms with Crippen molar-refractivity contribution in [3.05, 3.63) is 92.7 Å². The Hall–Kier alpha value is -3.95. The van der Waals surface area contributed by atoms with Gasteiger partial charge in [0.1, 0.15) is 24.9 Å². The van der Waals surface area contributed by atoms with Gasteiger partial charge >= 0.3 is 5.97 Å². The van der Waals surface area contributed by atoms with Crippen molar-refractivity contribution in [3.63, 3.8) is 0 Å². The summed E-state index contributed by atoms with van der Waals surface area (Å²) in [5.41, 5.74) is 21.7. The lowest BCUT2D eigenvalue weighted by Crippen LogP contribution is -2.63. The minimum absolute atomic E-state index is 0.0104. The average molecular weight is 1070 g/mol. The first kappa shape index (κ1) is 59.7. The Morgan fingerprint density at radius 2 is 0.987 bits per heavy atom. The number of azide groups is 2. The Morgan fingerprint density at radius 1 is 0.500 bits per heavy atom. The Kier molecular flexibility index (Phi) is 21.8. The van der Waals surface area contributed by atoms with Crippen LogP contribution in [0.4, 0.5) is 0 Å². The lowest BCUT2D eigenvalue weighted by Gasteiger charge is -2.52. The van der Waals surface area contributed by atoms with Crippen molar-refractivity contribution in [1.82, 2.24) is 0 Å². The molecule has 10 unspecified atom stereocenters. The molecule has 0 aliphatic carbocycles. The molecule has 0 bridgehead atoms. The minimum Gasteiger partial charge on any atom is -0.463 e. The topological polar surface area (TPSA) is 235 Å². The van der Waals surface area contributed by atoms with Crippen molar-refractivity contribution in [2.75, 3.05) is 13.7 Å². The smallest absolute Gasteiger partial charge is 0.302 e. The summed E-state index contributed by atoms with van der Waals surface area (Å²) >= 11 is 0. The maximum Gasteiger partial charge on any atom is 0.302 e. The first-order valence-electron chi connectivity index (χ1n) is 27.5. The zero-order chi connectivity index (χ0) is 54.8. The molecule has 7 rings (SSSR count). The third-order valence-electron chi connectivity index (χ3n) is 16.8. The van der Waals surface area contributed by atoms with Gasteiger partial charge in [0.25, 0.3) is 0 Å². The molecule has 0 radical (unpaired) electrons. The fraction of sp³-hybridized carbons (Fsp3) is 0.768. The molecule has 5 fully saturated rings. The predicted molar refractivity (Wildman–Crippen MR) is 278 cm³/mol.